The zero-order chi connectivity index (χ0) is 12.4. The van der Waals surface area contributed by atoms with Crippen LogP contribution in [-0.4, -0.2) is 18.1 Å². The zero-order valence-corrected chi connectivity index (χ0v) is 9.84. The first kappa shape index (κ1) is 11.0. The van der Waals surface area contributed by atoms with Gasteiger partial charge in [0.05, 0.1) is 12.3 Å². The van der Waals surface area contributed by atoms with Crippen LogP contribution in [0.2, 0.25) is 0 Å². The maximum atomic E-state index is 13.2. The highest BCUT2D eigenvalue weighted by atomic mass is 19.1. The summed E-state index contributed by atoms with van der Waals surface area (Å²) in [6.45, 7) is 1.44. The number of para-hydroxylation sites is 2. The number of fused-ring (bicyclic) bond motifs is 1. The Bertz CT molecular complexity index is 559. The van der Waals surface area contributed by atoms with E-state index in [4.69, 9.17) is 4.74 Å². The minimum absolute atomic E-state index is 0.463. The van der Waals surface area contributed by atoms with Gasteiger partial charge in [0.25, 0.3) is 0 Å². The summed E-state index contributed by atoms with van der Waals surface area (Å²) >= 11 is 0. The summed E-state index contributed by atoms with van der Waals surface area (Å²) in [4.78, 5) is 5.93. The molecule has 0 saturated heterocycles. The summed E-state index contributed by atoms with van der Waals surface area (Å²) in [6, 6.07) is 12.6. The molecule has 0 N–H and O–H groups in total. The molecule has 0 spiro atoms. The van der Waals surface area contributed by atoms with Crippen LogP contribution in [0.5, 0.6) is 5.75 Å². The highest BCUT2D eigenvalue weighted by molar-refractivity contribution is 5.67. The smallest absolute Gasteiger partial charge is 0.214 e. The fourth-order valence-corrected chi connectivity index (χ4v) is 2.11. The SMILES string of the molecule is Fc1cccc(N2CCCOc3ccccc32)n1. The quantitative estimate of drug-likeness (QED) is 0.720. The van der Waals surface area contributed by atoms with Crippen molar-refractivity contribution in [1.82, 2.24) is 4.98 Å². The summed E-state index contributed by atoms with van der Waals surface area (Å²) in [5, 5.41) is 0. The minimum Gasteiger partial charge on any atom is -0.491 e. The van der Waals surface area contributed by atoms with E-state index in [2.05, 4.69) is 4.98 Å². The topological polar surface area (TPSA) is 25.4 Å². The van der Waals surface area contributed by atoms with Crippen molar-refractivity contribution in [3.05, 3.63) is 48.4 Å². The molecule has 0 bridgehead atoms. The number of anilines is 2. The van der Waals surface area contributed by atoms with E-state index >= 15 is 0 Å². The third kappa shape index (κ3) is 2.01. The van der Waals surface area contributed by atoms with E-state index in [0.717, 1.165) is 24.4 Å². The van der Waals surface area contributed by atoms with E-state index in [1.807, 2.05) is 35.2 Å². The fourth-order valence-electron chi connectivity index (χ4n) is 2.11. The maximum Gasteiger partial charge on any atom is 0.214 e. The molecule has 3 nitrogen and oxygen atoms in total. The van der Waals surface area contributed by atoms with E-state index in [1.54, 1.807) is 6.07 Å². The van der Waals surface area contributed by atoms with Crippen molar-refractivity contribution in [2.45, 2.75) is 6.42 Å². The van der Waals surface area contributed by atoms with Crippen LogP contribution in [0.15, 0.2) is 42.5 Å². The summed E-state index contributed by atoms with van der Waals surface area (Å²) in [5.74, 6) is 0.976. The summed E-state index contributed by atoms with van der Waals surface area (Å²) < 4.78 is 18.9. The molecule has 0 fully saturated rings. The molecular weight excluding hydrogens is 231 g/mol. The first-order chi connectivity index (χ1) is 8.84. The monoisotopic (exact) mass is 244 g/mol. The minimum atomic E-state index is -0.463. The Labute approximate surface area is 105 Å². The summed E-state index contributed by atoms with van der Waals surface area (Å²) in [7, 11) is 0. The van der Waals surface area contributed by atoms with Crippen LogP contribution in [0, 0.1) is 5.95 Å². The maximum absolute atomic E-state index is 13.2. The molecular formula is C14H13FN2O. The predicted octanol–water partition coefficient (Wildman–Crippen LogP) is 3.14. The lowest BCUT2D eigenvalue weighted by Crippen LogP contribution is -2.19. The van der Waals surface area contributed by atoms with Crippen molar-refractivity contribution in [2.75, 3.05) is 18.1 Å². The number of hydrogen-bond acceptors (Lipinski definition) is 3. The molecule has 92 valence electrons. The van der Waals surface area contributed by atoms with Crippen LogP contribution in [0.4, 0.5) is 15.9 Å². The average Bonchev–Trinajstić information content (AvgIpc) is 2.61. The highest BCUT2D eigenvalue weighted by Crippen LogP contribution is 2.34. The Kier molecular flexibility index (Phi) is 2.84. The Morgan fingerprint density at radius 3 is 2.89 bits per heavy atom. The van der Waals surface area contributed by atoms with Crippen molar-refractivity contribution < 1.29 is 9.13 Å². The van der Waals surface area contributed by atoms with Gasteiger partial charge in [-0.3, -0.25) is 0 Å². The highest BCUT2D eigenvalue weighted by Gasteiger charge is 2.18. The van der Waals surface area contributed by atoms with Crippen LogP contribution >= 0.6 is 0 Å². The Balaban J connectivity index is 2.06. The third-order valence-corrected chi connectivity index (χ3v) is 2.92. The number of benzene rings is 1. The average molecular weight is 244 g/mol. The molecule has 0 radical (unpaired) electrons. The second-order valence-electron chi connectivity index (χ2n) is 4.14. The van der Waals surface area contributed by atoms with Crippen LogP contribution in [0.3, 0.4) is 0 Å². The number of ether oxygens (including phenoxy) is 1. The van der Waals surface area contributed by atoms with Gasteiger partial charge < -0.3 is 9.64 Å². The van der Waals surface area contributed by atoms with Crippen LogP contribution in [0.25, 0.3) is 0 Å². The Morgan fingerprint density at radius 2 is 2.00 bits per heavy atom. The molecule has 0 saturated carbocycles. The van der Waals surface area contributed by atoms with Gasteiger partial charge in [0.15, 0.2) is 0 Å². The van der Waals surface area contributed by atoms with Gasteiger partial charge in [-0.05, 0) is 30.7 Å². The fraction of sp³-hybridized carbons (Fsp3) is 0.214. The van der Waals surface area contributed by atoms with E-state index in [0.29, 0.717) is 12.4 Å². The van der Waals surface area contributed by atoms with Crippen LogP contribution in [-0.2, 0) is 0 Å². The van der Waals surface area contributed by atoms with Crippen molar-refractivity contribution in [2.24, 2.45) is 0 Å². The second kappa shape index (κ2) is 4.64. The first-order valence-electron chi connectivity index (χ1n) is 5.96. The lowest BCUT2D eigenvalue weighted by atomic mass is 10.2. The number of rotatable bonds is 1. The largest absolute Gasteiger partial charge is 0.491 e. The number of aromatic nitrogens is 1. The number of halogens is 1. The molecule has 1 aromatic carbocycles. The summed E-state index contributed by atoms with van der Waals surface area (Å²) in [6.07, 6.45) is 0.882. The van der Waals surface area contributed by atoms with Gasteiger partial charge in [-0.25, -0.2) is 4.98 Å². The molecule has 2 aromatic rings. The molecule has 2 heterocycles. The van der Waals surface area contributed by atoms with Gasteiger partial charge in [0.1, 0.15) is 11.6 Å². The molecule has 1 aliphatic rings. The molecule has 0 unspecified atom stereocenters. The predicted molar refractivity (Wildman–Crippen MR) is 67.8 cm³/mol. The third-order valence-electron chi connectivity index (χ3n) is 2.92. The Morgan fingerprint density at radius 1 is 1.11 bits per heavy atom. The normalized spacial score (nSPS) is 14.6. The summed E-state index contributed by atoms with van der Waals surface area (Å²) in [5.41, 5.74) is 0.938. The number of pyridine rings is 1. The Hall–Kier alpha value is -2.10. The van der Waals surface area contributed by atoms with Gasteiger partial charge in [-0.1, -0.05) is 18.2 Å². The van der Waals surface area contributed by atoms with Crippen molar-refractivity contribution >= 4 is 11.5 Å². The molecule has 0 amide bonds. The van der Waals surface area contributed by atoms with Gasteiger partial charge in [0.2, 0.25) is 5.95 Å². The van der Waals surface area contributed by atoms with Gasteiger partial charge in [0, 0.05) is 6.54 Å². The molecule has 0 aliphatic carbocycles. The van der Waals surface area contributed by atoms with Gasteiger partial charge in [-0.15, -0.1) is 0 Å². The molecule has 18 heavy (non-hydrogen) atoms. The van der Waals surface area contributed by atoms with Gasteiger partial charge in [-0.2, -0.15) is 4.39 Å². The van der Waals surface area contributed by atoms with E-state index in [1.165, 1.54) is 6.07 Å². The number of hydrogen-bond donors (Lipinski definition) is 0. The zero-order valence-electron chi connectivity index (χ0n) is 9.84. The lowest BCUT2D eigenvalue weighted by Gasteiger charge is -2.22. The molecule has 0 atom stereocenters. The van der Waals surface area contributed by atoms with Crippen LogP contribution in [0.1, 0.15) is 6.42 Å². The molecule has 1 aliphatic heterocycles. The van der Waals surface area contributed by atoms with Crippen molar-refractivity contribution in [3.8, 4) is 5.75 Å². The molecule has 4 heteroatoms. The number of nitrogens with zero attached hydrogens (tertiary/aromatic N) is 2. The second-order valence-corrected chi connectivity index (χ2v) is 4.14. The van der Waals surface area contributed by atoms with Crippen molar-refractivity contribution in [3.63, 3.8) is 0 Å². The van der Waals surface area contributed by atoms with E-state index in [9.17, 15) is 4.39 Å². The van der Waals surface area contributed by atoms with Gasteiger partial charge >= 0.3 is 0 Å². The molecule has 3 rings (SSSR count). The van der Waals surface area contributed by atoms with Crippen molar-refractivity contribution in [1.29, 1.82) is 0 Å². The lowest BCUT2D eigenvalue weighted by molar-refractivity contribution is 0.322. The first-order valence-corrected chi connectivity index (χ1v) is 5.96. The van der Waals surface area contributed by atoms with E-state index < -0.39 is 5.95 Å². The van der Waals surface area contributed by atoms with Crippen LogP contribution < -0.4 is 9.64 Å². The molecule has 1 aromatic heterocycles. The standard InChI is InChI=1S/C14H13FN2O/c15-13-7-3-8-14(16-13)17-9-4-10-18-12-6-2-1-5-11(12)17/h1-3,5-8H,4,9-10H2. The van der Waals surface area contributed by atoms with E-state index in [-0.39, 0.29) is 0 Å².